The first kappa shape index (κ1) is 23.7. The molecular weight excluding hydrogens is 500 g/mol. The summed E-state index contributed by atoms with van der Waals surface area (Å²) in [5, 5.41) is 44.2. The van der Waals surface area contributed by atoms with Gasteiger partial charge in [0, 0.05) is 0 Å². The summed E-state index contributed by atoms with van der Waals surface area (Å²) in [5.74, 6) is -0.981. The summed E-state index contributed by atoms with van der Waals surface area (Å²) in [7, 11) is 0. The van der Waals surface area contributed by atoms with Crippen LogP contribution in [-0.4, -0.2) is 59.1 Å². The Morgan fingerprint density at radius 2 is 0.974 bits per heavy atom. The molecule has 8 heteroatoms. The lowest BCUT2D eigenvalue weighted by atomic mass is 9.67. The van der Waals surface area contributed by atoms with Crippen LogP contribution in [0.4, 0.5) is 0 Å². The highest BCUT2D eigenvalue weighted by Crippen LogP contribution is 2.59. The number of aromatic hydroxyl groups is 4. The second-order valence-corrected chi connectivity index (χ2v) is 10.1. The third kappa shape index (κ3) is 3.83. The zero-order chi connectivity index (χ0) is 26.7. The summed E-state index contributed by atoms with van der Waals surface area (Å²) in [4.78, 5) is 0. The van der Waals surface area contributed by atoms with E-state index in [0.717, 1.165) is 22.3 Å². The minimum absolute atomic E-state index is 0.0271. The van der Waals surface area contributed by atoms with Crippen LogP contribution in [-0.2, 0) is 14.9 Å². The van der Waals surface area contributed by atoms with Gasteiger partial charge in [-0.25, -0.2) is 0 Å². The van der Waals surface area contributed by atoms with Gasteiger partial charge in [-0.2, -0.15) is 0 Å². The van der Waals surface area contributed by atoms with Gasteiger partial charge in [0.15, 0.2) is 23.0 Å². The monoisotopic (exact) mass is 526 g/mol. The maximum atomic E-state index is 11.0. The molecule has 0 saturated carbocycles. The first-order chi connectivity index (χ1) is 19.0. The largest absolute Gasteiger partial charge is 0.504 e. The lowest BCUT2D eigenvalue weighted by Gasteiger charge is -2.34. The van der Waals surface area contributed by atoms with Gasteiger partial charge in [-0.05, 0) is 57.6 Å². The van der Waals surface area contributed by atoms with Crippen LogP contribution in [0.15, 0.2) is 72.8 Å². The molecule has 4 aromatic rings. The molecular formula is C31H26O8. The molecule has 8 nitrogen and oxygen atoms in total. The number of phenolic OH excluding ortho intramolecular Hbond substituents is 4. The van der Waals surface area contributed by atoms with E-state index in [1.807, 2.05) is 48.5 Å². The van der Waals surface area contributed by atoms with Crippen molar-refractivity contribution in [3.05, 3.63) is 95.1 Å². The third-order valence-corrected chi connectivity index (χ3v) is 7.55. The van der Waals surface area contributed by atoms with Crippen LogP contribution < -0.4 is 9.47 Å². The van der Waals surface area contributed by atoms with Crippen molar-refractivity contribution in [3.63, 3.8) is 0 Å². The van der Waals surface area contributed by atoms with Gasteiger partial charge in [0.1, 0.15) is 25.4 Å². The molecule has 4 N–H and O–H groups in total. The van der Waals surface area contributed by atoms with Gasteiger partial charge in [0.25, 0.3) is 0 Å². The molecule has 2 unspecified atom stereocenters. The highest BCUT2D eigenvalue weighted by molar-refractivity contribution is 5.87. The van der Waals surface area contributed by atoms with Gasteiger partial charge in [-0.15, -0.1) is 0 Å². The predicted octanol–water partition coefficient (Wildman–Crippen LogP) is 4.43. The van der Waals surface area contributed by atoms with Gasteiger partial charge in [-0.3, -0.25) is 0 Å². The predicted molar refractivity (Wildman–Crippen MR) is 141 cm³/mol. The molecule has 2 fully saturated rings. The Kier molecular flexibility index (Phi) is 5.36. The van der Waals surface area contributed by atoms with Crippen molar-refractivity contribution in [2.24, 2.45) is 0 Å². The Morgan fingerprint density at radius 3 is 1.33 bits per heavy atom. The maximum Gasteiger partial charge on any atom is 0.203 e. The van der Waals surface area contributed by atoms with Gasteiger partial charge >= 0.3 is 0 Å². The molecule has 2 atom stereocenters. The first-order valence-electron chi connectivity index (χ1n) is 12.8. The van der Waals surface area contributed by atoms with E-state index in [9.17, 15) is 20.4 Å². The van der Waals surface area contributed by atoms with E-state index in [1.54, 1.807) is 24.3 Å². The summed E-state index contributed by atoms with van der Waals surface area (Å²) >= 11 is 0. The van der Waals surface area contributed by atoms with Gasteiger partial charge in [-0.1, -0.05) is 48.5 Å². The summed E-state index contributed by atoms with van der Waals surface area (Å²) in [6.45, 7) is 1.59. The highest BCUT2D eigenvalue weighted by Gasteiger charge is 2.47. The van der Waals surface area contributed by atoms with Gasteiger partial charge < -0.3 is 39.4 Å². The van der Waals surface area contributed by atoms with E-state index in [1.165, 1.54) is 0 Å². The molecule has 2 heterocycles. The number of epoxide rings is 2. The van der Waals surface area contributed by atoms with Crippen molar-refractivity contribution in [2.45, 2.75) is 17.6 Å². The van der Waals surface area contributed by atoms with Crippen molar-refractivity contribution >= 4 is 0 Å². The summed E-state index contributed by atoms with van der Waals surface area (Å²) in [5.41, 5.74) is 3.61. The maximum absolute atomic E-state index is 11.0. The van der Waals surface area contributed by atoms with Crippen LogP contribution in [0.1, 0.15) is 22.3 Å². The standard InChI is InChI=1S/C31H26O8/c32-25-9-17(10-26(33)29(25)38-15-19-13-36-19)31(18-11-27(34)30(28(35)12-18)39-16-20-14-37-20)23-7-3-1-5-21(23)22-6-2-4-8-24(22)31/h1-12,19-20,32-35H,13-16H2. The fourth-order valence-corrected chi connectivity index (χ4v) is 5.63. The minimum atomic E-state index is -1.10. The van der Waals surface area contributed by atoms with Crippen molar-refractivity contribution in [1.82, 2.24) is 0 Å². The number of rotatable bonds is 8. The first-order valence-corrected chi connectivity index (χ1v) is 12.8. The molecule has 0 bridgehead atoms. The van der Waals surface area contributed by atoms with E-state index >= 15 is 0 Å². The number of phenols is 4. The number of fused-ring (bicyclic) bond motifs is 3. The Labute approximate surface area is 224 Å². The van der Waals surface area contributed by atoms with Gasteiger partial charge in [0.05, 0.1) is 18.6 Å². The fourth-order valence-electron chi connectivity index (χ4n) is 5.63. The second kappa shape index (κ2) is 8.83. The molecule has 2 aliphatic heterocycles. The zero-order valence-electron chi connectivity index (χ0n) is 20.8. The van der Waals surface area contributed by atoms with E-state index in [0.29, 0.717) is 24.3 Å². The SMILES string of the molecule is Oc1cc(C2(c3cc(O)c(OCC4CO4)c(O)c3)c3ccccc3-c3ccccc32)cc(O)c1OCC1CO1. The third-order valence-electron chi connectivity index (χ3n) is 7.55. The molecule has 1 aliphatic carbocycles. The summed E-state index contributed by atoms with van der Waals surface area (Å²) in [6, 6.07) is 21.9. The Morgan fingerprint density at radius 1 is 0.615 bits per heavy atom. The molecule has 3 aliphatic rings. The van der Waals surface area contributed by atoms with Crippen molar-refractivity contribution in [2.75, 3.05) is 26.4 Å². The van der Waals surface area contributed by atoms with Gasteiger partial charge in [0.2, 0.25) is 11.5 Å². The van der Waals surface area contributed by atoms with E-state index in [2.05, 4.69) is 0 Å². The van der Waals surface area contributed by atoms with Crippen molar-refractivity contribution in [3.8, 4) is 45.6 Å². The summed E-state index contributed by atoms with van der Waals surface area (Å²) in [6.07, 6.45) is -0.108. The zero-order valence-corrected chi connectivity index (χ0v) is 20.8. The van der Waals surface area contributed by atoms with Crippen LogP contribution in [0.25, 0.3) is 11.1 Å². The molecule has 0 aromatic heterocycles. The Balaban J connectivity index is 1.45. The van der Waals surface area contributed by atoms with E-state index in [-0.39, 0.29) is 59.9 Å². The lowest BCUT2D eigenvalue weighted by molar-refractivity contribution is 0.244. The molecule has 0 amide bonds. The smallest absolute Gasteiger partial charge is 0.203 e. The molecule has 2 saturated heterocycles. The molecule has 39 heavy (non-hydrogen) atoms. The number of hydrogen-bond donors (Lipinski definition) is 4. The average molecular weight is 527 g/mol. The van der Waals surface area contributed by atoms with Crippen LogP contribution in [0.5, 0.6) is 34.5 Å². The summed E-state index contributed by atoms with van der Waals surface area (Å²) < 4.78 is 21.7. The molecule has 0 radical (unpaired) electrons. The molecule has 7 rings (SSSR count). The van der Waals surface area contributed by atoms with Crippen LogP contribution >= 0.6 is 0 Å². The van der Waals surface area contributed by atoms with Crippen molar-refractivity contribution in [1.29, 1.82) is 0 Å². The van der Waals surface area contributed by atoms with Crippen LogP contribution in [0.2, 0.25) is 0 Å². The van der Waals surface area contributed by atoms with E-state index in [4.69, 9.17) is 18.9 Å². The highest BCUT2D eigenvalue weighted by atomic mass is 16.6. The lowest BCUT2D eigenvalue weighted by Crippen LogP contribution is -2.28. The second-order valence-electron chi connectivity index (χ2n) is 10.1. The van der Waals surface area contributed by atoms with Crippen LogP contribution in [0.3, 0.4) is 0 Å². The Bertz CT molecular complexity index is 1420. The minimum Gasteiger partial charge on any atom is -0.504 e. The average Bonchev–Trinajstić information content (AvgIpc) is 3.86. The Hall–Kier alpha value is -4.40. The topological polar surface area (TPSA) is 124 Å². The molecule has 4 aromatic carbocycles. The number of ether oxygens (including phenoxy) is 4. The van der Waals surface area contributed by atoms with E-state index < -0.39 is 5.41 Å². The van der Waals surface area contributed by atoms with Crippen molar-refractivity contribution < 1.29 is 39.4 Å². The number of benzene rings is 4. The molecule has 198 valence electrons. The fraction of sp³-hybridized carbons (Fsp3) is 0.226. The molecule has 0 spiro atoms. The normalized spacial score (nSPS) is 19.7. The van der Waals surface area contributed by atoms with Crippen LogP contribution in [0, 0.1) is 0 Å². The number of hydrogen-bond acceptors (Lipinski definition) is 8. The quantitative estimate of drug-likeness (QED) is 0.219.